The Morgan fingerprint density at radius 2 is 1.95 bits per heavy atom. The van der Waals surface area contributed by atoms with Gasteiger partial charge in [0.05, 0.1) is 10.2 Å². The van der Waals surface area contributed by atoms with Gasteiger partial charge in [0, 0.05) is 11.3 Å². The number of benzene rings is 2. The minimum absolute atomic E-state index is 0.108. The van der Waals surface area contributed by atoms with E-state index in [2.05, 4.69) is 10.3 Å². The van der Waals surface area contributed by atoms with Gasteiger partial charge < -0.3 is 10.3 Å². The van der Waals surface area contributed by atoms with Gasteiger partial charge in [-0.3, -0.25) is 4.79 Å². The number of thiazole rings is 1. The largest absolute Gasteiger partial charge is 0.337 e. The Hall–Kier alpha value is -1.98. The number of anilines is 1. The molecule has 5 heteroatoms. The van der Waals surface area contributed by atoms with Crippen LogP contribution in [0.5, 0.6) is 0 Å². The van der Waals surface area contributed by atoms with Gasteiger partial charge in [0.15, 0.2) is 3.95 Å². The monoisotopic (exact) mass is 300 g/mol. The molecule has 0 fully saturated rings. The summed E-state index contributed by atoms with van der Waals surface area (Å²) in [5.74, 6) is -0.108. The average Bonchev–Trinajstić information content (AvgIpc) is 2.78. The first-order valence-corrected chi connectivity index (χ1v) is 7.35. The summed E-state index contributed by atoms with van der Waals surface area (Å²) in [6.07, 6.45) is 0. The van der Waals surface area contributed by atoms with Crippen molar-refractivity contribution in [3.8, 4) is 0 Å². The van der Waals surface area contributed by atoms with Gasteiger partial charge in [-0.1, -0.05) is 17.7 Å². The van der Waals surface area contributed by atoms with Crippen molar-refractivity contribution < 1.29 is 4.79 Å². The lowest BCUT2D eigenvalue weighted by Gasteiger charge is -2.05. The summed E-state index contributed by atoms with van der Waals surface area (Å²) in [6.45, 7) is 2.00. The van der Waals surface area contributed by atoms with Crippen LogP contribution in [0.3, 0.4) is 0 Å². The maximum Gasteiger partial charge on any atom is 0.255 e. The molecule has 2 N–H and O–H groups in total. The van der Waals surface area contributed by atoms with Crippen LogP contribution in [0.15, 0.2) is 42.5 Å². The number of amides is 1. The number of carbonyl (C=O) groups excluding carboxylic acids is 1. The van der Waals surface area contributed by atoms with Crippen LogP contribution < -0.4 is 5.32 Å². The molecular formula is C15H12N2OS2. The molecule has 1 amide bonds. The average molecular weight is 300 g/mol. The molecule has 0 radical (unpaired) electrons. The van der Waals surface area contributed by atoms with E-state index in [1.165, 1.54) is 11.3 Å². The summed E-state index contributed by atoms with van der Waals surface area (Å²) in [7, 11) is 0. The van der Waals surface area contributed by atoms with Crippen molar-refractivity contribution in [1.82, 2.24) is 4.98 Å². The highest BCUT2D eigenvalue weighted by Gasteiger charge is 2.06. The molecule has 1 aromatic heterocycles. The molecule has 0 aliphatic rings. The number of hydrogen-bond acceptors (Lipinski definition) is 3. The molecule has 0 saturated heterocycles. The summed E-state index contributed by atoms with van der Waals surface area (Å²) in [5.41, 5.74) is 3.55. The number of aromatic nitrogens is 1. The summed E-state index contributed by atoms with van der Waals surface area (Å²) in [4.78, 5) is 15.2. The van der Waals surface area contributed by atoms with Crippen LogP contribution in [0.4, 0.5) is 5.69 Å². The fraction of sp³-hybridized carbons (Fsp3) is 0.0667. The van der Waals surface area contributed by atoms with Crippen LogP contribution in [0.2, 0.25) is 0 Å². The van der Waals surface area contributed by atoms with Crippen molar-refractivity contribution in [2.24, 2.45) is 0 Å². The number of fused-ring (bicyclic) bond motifs is 1. The molecule has 0 atom stereocenters. The molecule has 0 bridgehead atoms. The molecule has 0 spiro atoms. The Morgan fingerprint density at radius 3 is 2.70 bits per heavy atom. The summed E-state index contributed by atoms with van der Waals surface area (Å²) in [6, 6.07) is 13.2. The summed E-state index contributed by atoms with van der Waals surface area (Å²) >= 11 is 6.61. The summed E-state index contributed by atoms with van der Waals surface area (Å²) in [5, 5.41) is 2.90. The molecule has 3 rings (SSSR count). The van der Waals surface area contributed by atoms with E-state index >= 15 is 0 Å². The normalized spacial score (nSPS) is 10.7. The van der Waals surface area contributed by atoms with Crippen LogP contribution in [-0.2, 0) is 0 Å². The van der Waals surface area contributed by atoms with E-state index in [0.29, 0.717) is 5.56 Å². The number of hydrogen-bond donors (Lipinski definition) is 2. The first-order valence-electron chi connectivity index (χ1n) is 6.13. The lowest BCUT2D eigenvalue weighted by Crippen LogP contribution is -2.11. The van der Waals surface area contributed by atoms with Gasteiger partial charge in [-0.2, -0.15) is 0 Å². The van der Waals surface area contributed by atoms with Gasteiger partial charge in [0.2, 0.25) is 0 Å². The van der Waals surface area contributed by atoms with E-state index in [1.807, 2.05) is 49.4 Å². The summed E-state index contributed by atoms with van der Waals surface area (Å²) < 4.78 is 1.78. The Morgan fingerprint density at radius 1 is 1.20 bits per heavy atom. The fourth-order valence-electron chi connectivity index (χ4n) is 1.93. The number of H-pyrrole nitrogens is 1. The van der Waals surface area contributed by atoms with Crippen molar-refractivity contribution in [3.63, 3.8) is 0 Å². The predicted molar refractivity (Wildman–Crippen MR) is 86.1 cm³/mol. The standard InChI is InChI=1S/C15H12N2OS2/c1-9-2-4-10(5-3-9)14(18)16-11-6-7-12-13(8-11)20-15(19)17-12/h2-8H,1H3,(H,16,18)(H,17,19). The first kappa shape index (κ1) is 13.0. The molecule has 0 aliphatic carbocycles. The van der Waals surface area contributed by atoms with Crippen LogP contribution in [0, 0.1) is 10.9 Å². The van der Waals surface area contributed by atoms with Gasteiger partial charge in [0.1, 0.15) is 0 Å². The highest BCUT2D eigenvalue weighted by molar-refractivity contribution is 7.73. The second kappa shape index (κ2) is 5.19. The maximum absolute atomic E-state index is 12.1. The van der Waals surface area contributed by atoms with Crippen molar-refractivity contribution in [1.29, 1.82) is 0 Å². The van der Waals surface area contributed by atoms with Crippen molar-refractivity contribution in [3.05, 3.63) is 57.5 Å². The van der Waals surface area contributed by atoms with Crippen LogP contribution in [0.1, 0.15) is 15.9 Å². The zero-order chi connectivity index (χ0) is 14.1. The van der Waals surface area contributed by atoms with E-state index in [0.717, 1.165) is 25.4 Å². The van der Waals surface area contributed by atoms with Crippen molar-refractivity contribution >= 4 is 45.4 Å². The Balaban J connectivity index is 1.86. The highest BCUT2D eigenvalue weighted by Crippen LogP contribution is 2.23. The zero-order valence-corrected chi connectivity index (χ0v) is 12.4. The van der Waals surface area contributed by atoms with Crippen LogP contribution in [0.25, 0.3) is 10.2 Å². The van der Waals surface area contributed by atoms with Gasteiger partial charge in [-0.15, -0.1) is 11.3 Å². The molecule has 3 nitrogen and oxygen atoms in total. The lowest BCUT2D eigenvalue weighted by atomic mass is 10.1. The SMILES string of the molecule is Cc1ccc(C(=O)Nc2ccc3[nH]c(=S)sc3c2)cc1. The molecule has 20 heavy (non-hydrogen) atoms. The van der Waals surface area contributed by atoms with E-state index in [4.69, 9.17) is 12.2 Å². The maximum atomic E-state index is 12.1. The van der Waals surface area contributed by atoms with Crippen LogP contribution in [-0.4, -0.2) is 10.9 Å². The van der Waals surface area contributed by atoms with E-state index < -0.39 is 0 Å². The molecule has 0 saturated carbocycles. The third kappa shape index (κ3) is 2.64. The number of carbonyl (C=O) groups is 1. The van der Waals surface area contributed by atoms with Gasteiger partial charge in [-0.25, -0.2) is 0 Å². The van der Waals surface area contributed by atoms with Crippen molar-refractivity contribution in [2.75, 3.05) is 5.32 Å². The van der Waals surface area contributed by atoms with Gasteiger partial charge in [0.25, 0.3) is 5.91 Å². The molecular weight excluding hydrogens is 288 g/mol. The minimum atomic E-state index is -0.108. The third-order valence-electron chi connectivity index (χ3n) is 2.99. The van der Waals surface area contributed by atoms with E-state index in [1.54, 1.807) is 0 Å². The Kier molecular flexibility index (Phi) is 3.38. The minimum Gasteiger partial charge on any atom is -0.337 e. The molecule has 0 aliphatic heterocycles. The fourth-order valence-corrected chi connectivity index (χ4v) is 3.09. The Labute approximate surface area is 125 Å². The number of aromatic amines is 1. The molecule has 0 unspecified atom stereocenters. The predicted octanol–water partition coefficient (Wildman–Crippen LogP) is 4.52. The molecule has 3 aromatic rings. The third-order valence-corrected chi connectivity index (χ3v) is 4.19. The van der Waals surface area contributed by atoms with Gasteiger partial charge in [-0.05, 0) is 49.5 Å². The lowest BCUT2D eigenvalue weighted by molar-refractivity contribution is 0.102. The number of nitrogens with one attached hydrogen (secondary N) is 2. The van der Waals surface area contributed by atoms with Crippen LogP contribution >= 0.6 is 23.6 Å². The quantitative estimate of drug-likeness (QED) is 0.683. The number of rotatable bonds is 2. The van der Waals surface area contributed by atoms with Gasteiger partial charge >= 0.3 is 0 Å². The second-order valence-electron chi connectivity index (χ2n) is 4.55. The molecule has 2 aromatic carbocycles. The zero-order valence-electron chi connectivity index (χ0n) is 10.8. The smallest absolute Gasteiger partial charge is 0.255 e. The van der Waals surface area contributed by atoms with E-state index in [9.17, 15) is 4.79 Å². The number of aryl methyl sites for hydroxylation is 1. The topological polar surface area (TPSA) is 44.9 Å². The van der Waals surface area contributed by atoms with Crippen molar-refractivity contribution in [2.45, 2.75) is 6.92 Å². The highest BCUT2D eigenvalue weighted by atomic mass is 32.1. The Bertz CT molecular complexity index is 831. The van der Waals surface area contributed by atoms with E-state index in [-0.39, 0.29) is 5.91 Å². The second-order valence-corrected chi connectivity index (χ2v) is 6.26. The first-order chi connectivity index (χ1) is 9.61. The molecule has 100 valence electrons. The molecule has 1 heterocycles.